The molecule has 8 heteroatoms. The number of anilines is 2. The second-order valence-corrected chi connectivity index (χ2v) is 7.74. The van der Waals surface area contributed by atoms with Crippen molar-refractivity contribution < 1.29 is 19.1 Å². The molecule has 2 amide bonds. The summed E-state index contributed by atoms with van der Waals surface area (Å²) in [5.41, 5.74) is 3.27. The van der Waals surface area contributed by atoms with Crippen LogP contribution in [0.5, 0.6) is 5.75 Å². The summed E-state index contributed by atoms with van der Waals surface area (Å²) in [5, 5.41) is 8.72. The van der Waals surface area contributed by atoms with E-state index in [4.69, 9.17) is 21.7 Å². The highest BCUT2D eigenvalue weighted by molar-refractivity contribution is 7.80. The van der Waals surface area contributed by atoms with Crippen LogP contribution in [-0.4, -0.2) is 36.7 Å². The molecule has 0 heterocycles. The van der Waals surface area contributed by atoms with Crippen molar-refractivity contribution in [2.75, 3.05) is 30.5 Å². The second kappa shape index (κ2) is 12.5. The molecule has 0 unspecified atom stereocenters. The van der Waals surface area contributed by atoms with E-state index in [0.717, 1.165) is 5.56 Å². The van der Waals surface area contributed by atoms with Crippen molar-refractivity contribution in [1.29, 1.82) is 0 Å². The highest BCUT2D eigenvalue weighted by Crippen LogP contribution is 2.20. The largest absolute Gasteiger partial charge is 0.491 e. The lowest BCUT2D eigenvalue weighted by molar-refractivity contribution is 0.0975. The first-order valence-corrected chi connectivity index (χ1v) is 11.3. The maximum Gasteiger partial charge on any atom is 0.257 e. The van der Waals surface area contributed by atoms with Crippen LogP contribution in [0.3, 0.4) is 0 Å². The van der Waals surface area contributed by atoms with Crippen molar-refractivity contribution >= 4 is 40.5 Å². The number of rotatable bonds is 9. The zero-order chi connectivity index (χ0) is 24.3. The fourth-order valence-corrected chi connectivity index (χ4v) is 3.28. The summed E-state index contributed by atoms with van der Waals surface area (Å²) < 4.78 is 10.8. The minimum absolute atomic E-state index is 0.169. The lowest BCUT2D eigenvalue weighted by Crippen LogP contribution is -2.34. The molecular weight excluding hydrogens is 450 g/mol. The van der Waals surface area contributed by atoms with E-state index < -0.39 is 0 Å². The SMILES string of the molecule is CCOCCOc1ccc(C(=O)NC(=S)Nc2ccc(NC(=O)c3ccccc3)c(C)c2)cc1. The molecular formula is C26H27N3O4S. The maximum atomic E-state index is 12.5. The Labute approximate surface area is 204 Å². The summed E-state index contributed by atoms with van der Waals surface area (Å²) in [6, 6.07) is 21.2. The quantitative estimate of drug-likeness (QED) is 0.303. The Morgan fingerprint density at radius 1 is 0.853 bits per heavy atom. The van der Waals surface area contributed by atoms with Gasteiger partial charge < -0.3 is 20.1 Å². The van der Waals surface area contributed by atoms with Crippen LogP contribution in [0.1, 0.15) is 33.2 Å². The van der Waals surface area contributed by atoms with Gasteiger partial charge >= 0.3 is 0 Å². The van der Waals surface area contributed by atoms with Crippen molar-refractivity contribution in [3.05, 3.63) is 89.5 Å². The molecule has 0 radical (unpaired) electrons. The van der Waals surface area contributed by atoms with Gasteiger partial charge in [0.25, 0.3) is 11.8 Å². The molecule has 0 saturated carbocycles. The zero-order valence-electron chi connectivity index (χ0n) is 19.1. The molecule has 176 valence electrons. The Morgan fingerprint density at radius 3 is 2.24 bits per heavy atom. The van der Waals surface area contributed by atoms with E-state index in [-0.39, 0.29) is 16.9 Å². The Balaban J connectivity index is 1.51. The van der Waals surface area contributed by atoms with E-state index in [1.165, 1.54) is 0 Å². The lowest BCUT2D eigenvalue weighted by atomic mass is 10.1. The molecule has 0 aliphatic rings. The Bertz CT molecular complexity index is 1130. The first-order valence-electron chi connectivity index (χ1n) is 10.9. The van der Waals surface area contributed by atoms with E-state index in [2.05, 4.69) is 16.0 Å². The van der Waals surface area contributed by atoms with Crippen LogP contribution < -0.4 is 20.7 Å². The number of hydrogen-bond acceptors (Lipinski definition) is 5. The van der Waals surface area contributed by atoms with Gasteiger partial charge in [0.05, 0.1) is 6.61 Å². The third-order valence-electron chi connectivity index (χ3n) is 4.81. The lowest BCUT2D eigenvalue weighted by Gasteiger charge is -2.13. The molecule has 3 aromatic rings. The number of aryl methyl sites for hydroxylation is 1. The number of ether oxygens (including phenoxy) is 2. The van der Waals surface area contributed by atoms with Gasteiger partial charge in [0.2, 0.25) is 0 Å². The molecule has 0 fully saturated rings. The predicted octanol–water partition coefficient (Wildman–Crippen LogP) is 4.79. The van der Waals surface area contributed by atoms with Gasteiger partial charge in [0.15, 0.2) is 5.11 Å². The number of hydrogen-bond donors (Lipinski definition) is 3. The van der Waals surface area contributed by atoms with Crippen molar-refractivity contribution in [3.8, 4) is 5.75 Å². The minimum atomic E-state index is -0.332. The second-order valence-electron chi connectivity index (χ2n) is 7.33. The predicted molar refractivity (Wildman–Crippen MR) is 138 cm³/mol. The monoisotopic (exact) mass is 477 g/mol. The van der Waals surface area contributed by atoms with Crippen LogP contribution in [-0.2, 0) is 4.74 Å². The molecule has 0 aromatic heterocycles. The van der Waals surface area contributed by atoms with Crippen molar-refractivity contribution in [2.24, 2.45) is 0 Å². The van der Waals surface area contributed by atoms with E-state index >= 15 is 0 Å². The van der Waals surface area contributed by atoms with Crippen LogP contribution >= 0.6 is 12.2 Å². The number of benzene rings is 3. The van der Waals surface area contributed by atoms with Gasteiger partial charge in [-0.25, -0.2) is 0 Å². The summed E-state index contributed by atoms with van der Waals surface area (Å²) >= 11 is 5.28. The van der Waals surface area contributed by atoms with Gasteiger partial charge in [-0.2, -0.15) is 0 Å². The van der Waals surface area contributed by atoms with Crippen molar-refractivity contribution in [3.63, 3.8) is 0 Å². The van der Waals surface area contributed by atoms with Crippen LogP contribution in [0.25, 0.3) is 0 Å². The molecule has 0 aliphatic carbocycles. The molecule has 0 saturated heterocycles. The van der Waals surface area contributed by atoms with Gasteiger partial charge in [-0.05, 0) is 86.2 Å². The van der Waals surface area contributed by atoms with E-state index in [1.54, 1.807) is 48.5 Å². The van der Waals surface area contributed by atoms with Gasteiger partial charge in [-0.1, -0.05) is 18.2 Å². The van der Waals surface area contributed by atoms with Gasteiger partial charge in [0, 0.05) is 29.1 Å². The van der Waals surface area contributed by atoms with Crippen molar-refractivity contribution in [2.45, 2.75) is 13.8 Å². The summed E-state index contributed by atoms with van der Waals surface area (Å²) in [5.74, 6) is 0.145. The average molecular weight is 478 g/mol. The fourth-order valence-electron chi connectivity index (χ4n) is 3.07. The molecule has 0 atom stereocenters. The standard InChI is InChI=1S/C26H27N3O4S/c1-3-32-15-16-33-22-12-9-20(10-13-22)25(31)29-26(34)27-21-11-14-23(18(2)17-21)28-24(30)19-7-5-4-6-8-19/h4-14,17H,3,15-16H2,1-2H3,(H,28,30)(H2,27,29,31,34). The van der Waals surface area contributed by atoms with Gasteiger partial charge in [-0.15, -0.1) is 0 Å². The molecule has 3 aromatic carbocycles. The topological polar surface area (TPSA) is 88.7 Å². The fraction of sp³-hybridized carbons (Fsp3) is 0.192. The normalized spacial score (nSPS) is 10.3. The number of carbonyl (C=O) groups excluding carboxylic acids is 2. The third-order valence-corrected chi connectivity index (χ3v) is 5.02. The molecule has 34 heavy (non-hydrogen) atoms. The molecule has 0 bridgehead atoms. The Morgan fingerprint density at radius 2 is 1.56 bits per heavy atom. The van der Waals surface area contributed by atoms with E-state index in [0.29, 0.717) is 48.1 Å². The van der Waals surface area contributed by atoms with Crippen LogP contribution in [0.15, 0.2) is 72.8 Å². The minimum Gasteiger partial charge on any atom is -0.491 e. The Kier molecular flexibility index (Phi) is 9.13. The summed E-state index contributed by atoms with van der Waals surface area (Å²) in [6.45, 7) is 5.41. The molecule has 0 spiro atoms. The van der Waals surface area contributed by atoms with Gasteiger partial charge in [0.1, 0.15) is 12.4 Å². The number of carbonyl (C=O) groups is 2. The molecule has 0 aliphatic heterocycles. The Hall–Kier alpha value is -3.75. The third kappa shape index (κ3) is 7.40. The van der Waals surface area contributed by atoms with Crippen molar-refractivity contribution in [1.82, 2.24) is 5.32 Å². The smallest absolute Gasteiger partial charge is 0.257 e. The maximum absolute atomic E-state index is 12.5. The zero-order valence-corrected chi connectivity index (χ0v) is 19.9. The van der Waals surface area contributed by atoms with E-state index in [1.807, 2.05) is 38.1 Å². The van der Waals surface area contributed by atoms with Gasteiger partial charge in [-0.3, -0.25) is 14.9 Å². The van der Waals surface area contributed by atoms with Crippen LogP contribution in [0.4, 0.5) is 11.4 Å². The summed E-state index contributed by atoms with van der Waals surface area (Å²) in [6.07, 6.45) is 0. The molecule has 3 N–H and O–H groups in total. The summed E-state index contributed by atoms with van der Waals surface area (Å²) in [4.78, 5) is 24.9. The number of thiocarbonyl (C=S) groups is 1. The first kappa shape index (κ1) is 24.9. The summed E-state index contributed by atoms with van der Waals surface area (Å²) in [7, 11) is 0. The number of nitrogens with one attached hydrogen (secondary N) is 3. The average Bonchev–Trinajstić information content (AvgIpc) is 2.84. The first-order chi connectivity index (χ1) is 16.5. The molecule has 7 nitrogen and oxygen atoms in total. The molecule has 3 rings (SSSR count). The van der Waals surface area contributed by atoms with Crippen LogP contribution in [0, 0.1) is 6.92 Å². The van der Waals surface area contributed by atoms with Crippen LogP contribution in [0.2, 0.25) is 0 Å². The van der Waals surface area contributed by atoms with E-state index in [9.17, 15) is 9.59 Å². The highest BCUT2D eigenvalue weighted by Gasteiger charge is 2.10. The highest BCUT2D eigenvalue weighted by atomic mass is 32.1. The number of amides is 2.